The molecule has 0 spiro atoms. The van der Waals surface area contributed by atoms with E-state index in [4.69, 9.17) is 21.1 Å². The predicted octanol–water partition coefficient (Wildman–Crippen LogP) is 3.20. The Morgan fingerprint density at radius 3 is 2.50 bits per heavy atom. The molecule has 4 rings (SSSR count). The molecule has 1 amide bonds. The van der Waals surface area contributed by atoms with Crippen LogP contribution >= 0.6 is 11.6 Å². The van der Waals surface area contributed by atoms with Crippen LogP contribution < -0.4 is 4.74 Å². The minimum absolute atomic E-state index is 0.00247. The lowest BCUT2D eigenvalue weighted by atomic mass is 9.95. The van der Waals surface area contributed by atoms with E-state index in [0.717, 1.165) is 19.6 Å². The fourth-order valence-electron chi connectivity index (χ4n) is 4.38. The Morgan fingerprint density at radius 1 is 1.12 bits per heavy atom. The number of carbonyl (C=O) groups is 2. The van der Waals surface area contributed by atoms with Crippen molar-refractivity contribution in [3.63, 3.8) is 0 Å². The maximum absolute atomic E-state index is 13.1. The molecule has 34 heavy (non-hydrogen) atoms. The molecule has 2 heterocycles. The molecule has 0 radical (unpaired) electrons. The number of aliphatic hydroxyl groups excluding tert-OH is 1. The molecule has 2 aliphatic rings. The van der Waals surface area contributed by atoms with Crippen molar-refractivity contribution >= 4 is 29.1 Å². The third-order valence-electron chi connectivity index (χ3n) is 6.16. The van der Waals surface area contributed by atoms with Gasteiger partial charge in [0.05, 0.1) is 37.5 Å². The van der Waals surface area contributed by atoms with Gasteiger partial charge >= 0.3 is 0 Å². The monoisotopic (exact) mass is 486 g/mol. The number of phenolic OH excluding ortho intramolecular Hbond substituents is 1. The molecule has 8 nitrogen and oxygen atoms in total. The molecule has 2 N–H and O–H groups in total. The van der Waals surface area contributed by atoms with Crippen molar-refractivity contribution in [3.8, 4) is 11.5 Å². The SMILES string of the molecule is COc1ccc(C2C(=C(O)c3cc(Cl)ccc3O)C(=O)C(=O)N2CCCN2CCOCC2)cc1. The first-order valence-electron chi connectivity index (χ1n) is 11.1. The number of ketones is 1. The van der Waals surface area contributed by atoms with Crippen LogP contribution in [0.4, 0.5) is 0 Å². The van der Waals surface area contributed by atoms with E-state index in [-0.39, 0.29) is 21.9 Å². The van der Waals surface area contributed by atoms with Crippen molar-refractivity contribution in [2.75, 3.05) is 46.5 Å². The van der Waals surface area contributed by atoms with E-state index in [2.05, 4.69) is 4.90 Å². The summed E-state index contributed by atoms with van der Waals surface area (Å²) in [5, 5.41) is 21.7. The lowest BCUT2D eigenvalue weighted by molar-refractivity contribution is -0.140. The smallest absolute Gasteiger partial charge is 0.295 e. The Balaban J connectivity index is 1.70. The number of rotatable bonds is 7. The number of carbonyl (C=O) groups excluding carboxylic acids is 2. The highest BCUT2D eigenvalue weighted by molar-refractivity contribution is 6.46. The Morgan fingerprint density at radius 2 is 1.82 bits per heavy atom. The maximum atomic E-state index is 13.1. The zero-order valence-electron chi connectivity index (χ0n) is 18.9. The quantitative estimate of drug-likeness (QED) is 0.352. The summed E-state index contributed by atoms with van der Waals surface area (Å²) in [4.78, 5) is 29.9. The third-order valence-corrected chi connectivity index (χ3v) is 6.40. The highest BCUT2D eigenvalue weighted by atomic mass is 35.5. The second-order valence-electron chi connectivity index (χ2n) is 8.23. The van der Waals surface area contributed by atoms with Crippen LogP contribution in [0.3, 0.4) is 0 Å². The number of methoxy groups -OCH3 is 1. The standard InChI is InChI=1S/C25H27ClN2O6/c1-33-18-6-3-16(4-7-18)22-21(23(30)19-15-17(26)5-8-20(19)29)24(31)25(32)28(22)10-2-9-27-11-13-34-14-12-27/h3-8,15,22,29-30H,2,9-14H2,1H3. The van der Waals surface area contributed by atoms with E-state index in [1.807, 2.05) is 0 Å². The molecule has 2 fully saturated rings. The van der Waals surface area contributed by atoms with E-state index in [1.165, 1.54) is 23.1 Å². The lowest BCUT2D eigenvalue weighted by Gasteiger charge is -2.29. The second-order valence-corrected chi connectivity index (χ2v) is 8.67. The third kappa shape index (κ3) is 4.89. The number of benzene rings is 2. The number of nitrogens with zero attached hydrogens (tertiary/aromatic N) is 2. The van der Waals surface area contributed by atoms with Crippen molar-refractivity contribution in [2.45, 2.75) is 12.5 Å². The molecule has 2 saturated heterocycles. The van der Waals surface area contributed by atoms with Gasteiger partial charge in [-0.2, -0.15) is 0 Å². The van der Waals surface area contributed by atoms with Crippen LogP contribution in [0, 0.1) is 0 Å². The van der Waals surface area contributed by atoms with Gasteiger partial charge in [-0.3, -0.25) is 14.5 Å². The zero-order chi connectivity index (χ0) is 24.2. The van der Waals surface area contributed by atoms with Gasteiger partial charge in [-0.1, -0.05) is 23.7 Å². The van der Waals surface area contributed by atoms with Gasteiger partial charge in [0, 0.05) is 31.2 Å². The fraction of sp³-hybridized carbons (Fsp3) is 0.360. The zero-order valence-corrected chi connectivity index (χ0v) is 19.6. The van der Waals surface area contributed by atoms with Crippen molar-refractivity contribution in [2.24, 2.45) is 0 Å². The van der Waals surface area contributed by atoms with Gasteiger partial charge in [-0.15, -0.1) is 0 Å². The van der Waals surface area contributed by atoms with E-state index in [1.54, 1.807) is 31.4 Å². The van der Waals surface area contributed by atoms with Crippen molar-refractivity contribution in [1.29, 1.82) is 0 Å². The Kier molecular flexibility index (Phi) is 7.41. The average molecular weight is 487 g/mol. The number of morpholine rings is 1. The maximum Gasteiger partial charge on any atom is 0.295 e. The molecule has 0 aliphatic carbocycles. The van der Waals surface area contributed by atoms with Crippen LogP contribution in [0.2, 0.25) is 5.02 Å². The number of Topliss-reactive ketones (excluding diaryl/α,β-unsaturated/α-hetero) is 1. The topological polar surface area (TPSA) is 99.5 Å². The average Bonchev–Trinajstić information content (AvgIpc) is 3.11. The molecule has 2 aliphatic heterocycles. The van der Waals surface area contributed by atoms with E-state index >= 15 is 0 Å². The van der Waals surface area contributed by atoms with Crippen LogP contribution in [-0.4, -0.2) is 78.2 Å². The minimum atomic E-state index is -0.811. The molecule has 180 valence electrons. The van der Waals surface area contributed by atoms with Crippen LogP contribution in [-0.2, 0) is 14.3 Å². The van der Waals surface area contributed by atoms with Crippen molar-refractivity contribution < 1.29 is 29.3 Å². The Hall–Kier alpha value is -3.07. The summed E-state index contributed by atoms with van der Waals surface area (Å²) in [6.07, 6.45) is 0.655. The number of aromatic hydroxyl groups is 1. The molecule has 2 aromatic rings. The number of amides is 1. The van der Waals surface area contributed by atoms with Gasteiger partial charge in [-0.25, -0.2) is 0 Å². The molecule has 0 aromatic heterocycles. The molecule has 1 atom stereocenters. The number of hydrogen-bond acceptors (Lipinski definition) is 7. The molecule has 0 saturated carbocycles. The number of ether oxygens (including phenoxy) is 2. The minimum Gasteiger partial charge on any atom is -0.507 e. The van der Waals surface area contributed by atoms with Gasteiger partial charge in [0.25, 0.3) is 11.7 Å². The Bertz CT molecular complexity index is 1100. The summed E-state index contributed by atoms with van der Waals surface area (Å²) in [5.41, 5.74) is 0.561. The van der Waals surface area contributed by atoms with Crippen molar-refractivity contribution in [3.05, 3.63) is 64.2 Å². The highest BCUT2D eigenvalue weighted by Crippen LogP contribution is 2.41. The summed E-state index contributed by atoms with van der Waals surface area (Å²) < 4.78 is 10.6. The second kappa shape index (κ2) is 10.5. The first-order valence-corrected chi connectivity index (χ1v) is 11.5. The summed E-state index contributed by atoms with van der Waals surface area (Å²) in [6, 6.07) is 10.3. The molecule has 2 aromatic carbocycles. The van der Waals surface area contributed by atoms with Crippen LogP contribution in [0.25, 0.3) is 5.76 Å². The summed E-state index contributed by atoms with van der Waals surface area (Å²) in [5.74, 6) is -1.57. The fourth-order valence-corrected chi connectivity index (χ4v) is 4.55. The number of likely N-dealkylation sites (tertiary alicyclic amines) is 1. The van der Waals surface area contributed by atoms with Gasteiger partial charge in [0.15, 0.2) is 0 Å². The predicted molar refractivity (Wildman–Crippen MR) is 127 cm³/mol. The van der Waals surface area contributed by atoms with Crippen LogP contribution in [0.5, 0.6) is 11.5 Å². The molecule has 9 heteroatoms. The number of halogens is 1. The Labute approximate surface area is 202 Å². The van der Waals surface area contributed by atoms with Gasteiger partial charge in [0.2, 0.25) is 0 Å². The summed E-state index contributed by atoms with van der Waals surface area (Å²) >= 11 is 6.06. The van der Waals surface area contributed by atoms with E-state index < -0.39 is 23.5 Å². The van der Waals surface area contributed by atoms with Crippen LogP contribution in [0.15, 0.2) is 48.0 Å². The first-order chi connectivity index (χ1) is 16.4. The lowest BCUT2D eigenvalue weighted by Crippen LogP contribution is -2.38. The molecule has 1 unspecified atom stereocenters. The molecule has 0 bridgehead atoms. The van der Waals surface area contributed by atoms with Crippen molar-refractivity contribution in [1.82, 2.24) is 9.80 Å². The molecular formula is C25H27ClN2O6. The van der Waals surface area contributed by atoms with E-state index in [9.17, 15) is 19.8 Å². The van der Waals surface area contributed by atoms with E-state index in [0.29, 0.717) is 37.5 Å². The number of hydrogen-bond donors (Lipinski definition) is 2. The molecular weight excluding hydrogens is 460 g/mol. The number of aliphatic hydroxyl groups is 1. The highest BCUT2D eigenvalue weighted by Gasteiger charge is 2.46. The van der Waals surface area contributed by atoms with Crippen LogP contribution in [0.1, 0.15) is 23.6 Å². The van der Waals surface area contributed by atoms with Gasteiger partial charge < -0.3 is 24.6 Å². The largest absolute Gasteiger partial charge is 0.507 e. The normalized spacial score (nSPS) is 20.6. The first kappa shape index (κ1) is 24.1. The van der Waals surface area contributed by atoms with Gasteiger partial charge in [0.1, 0.15) is 17.3 Å². The number of phenols is 1. The summed E-state index contributed by atoms with van der Waals surface area (Å²) in [7, 11) is 1.55. The summed E-state index contributed by atoms with van der Waals surface area (Å²) in [6.45, 7) is 4.11. The van der Waals surface area contributed by atoms with Gasteiger partial charge in [-0.05, 0) is 42.3 Å².